The number of fused-ring (bicyclic) bond motifs is 1. The molecular weight excluding hydrogens is 304 g/mol. The topological polar surface area (TPSA) is 74.1 Å². The first-order chi connectivity index (χ1) is 11.6. The summed E-state index contributed by atoms with van der Waals surface area (Å²) in [5.74, 6) is -0.292. The molecule has 0 bridgehead atoms. The molecule has 2 aromatic rings. The second-order valence-electron chi connectivity index (χ2n) is 5.38. The van der Waals surface area contributed by atoms with Crippen LogP contribution >= 0.6 is 0 Å². The van der Waals surface area contributed by atoms with E-state index in [-0.39, 0.29) is 11.8 Å². The fraction of sp³-hybridized carbons (Fsp3) is 0.111. The van der Waals surface area contributed by atoms with E-state index in [4.69, 9.17) is 0 Å². The van der Waals surface area contributed by atoms with Gasteiger partial charge in [0.2, 0.25) is 5.91 Å². The van der Waals surface area contributed by atoms with Crippen molar-refractivity contribution in [2.45, 2.75) is 6.92 Å². The van der Waals surface area contributed by atoms with Crippen LogP contribution < -0.4 is 10.2 Å². The molecule has 1 aliphatic heterocycles. The van der Waals surface area contributed by atoms with Crippen LogP contribution in [0.3, 0.4) is 0 Å². The zero-order chi connectivity index (χ0) is 17.1. The fourth-order valence-corrected chi connectivity index (χ4v) is 2.46. The predicted molar refractivity (Wildman–Crippen MR) is 94.7 cm³/mol. The lowest BCUT2D eigenvalue weighted by molar-refractivity contribution is -0.114. The Morgan fingerprint density at radius 1 is 1.12 bits per heavy atom. The largest absolute Gasteiger partial charge is 0.326 e. The minimum absolute atomic E-state index is 0.120. The lowest BCUT2D eigenvalue weighted by Gasteiger charge is -2.07. The smallest absolute Gasteiger partial charge is 0.279 e. The number of nitrogens with one attached hydrogen (secondary N) is 1. The van der Waals surface area contributed by atoms with Crippen molar-refractivity contribution in [2.75, 3.05) is 17.3 Å². The third-order valence-electron chi connectivity index (χ3n) is 3.62. The first-order valence-corrected chi connectivity index (χ1v) is 7.42. The van der Waals surface area contributed by atoms with Crippen molar-refractivity contribution < 1.29 is 9.59 Å². The van der Waals surface area contributed by atoms with Crippen LogP contribution in [0.1, 0.15) is 18.1 Å². The molecule has 2 aromatic carbocycles. The van der Waals surface area contributed by atoms with E-state index in [0.29, 0.717) is 11.4 Å². The van der Waals surface area contributed by atoms with Gasteiger partial charge in [0.1, 0.15) is 0 Å². The first kappa shape index (κ1) is 15.6. The van der Waals surface area contributed by atoms with Gasteiger partial charge in [-0.1, -0.05) is 30.3 Å². The van der Waals surface area contributed by atoms with E-state index in [9.17, 15) is 9.59 Å². The van der Waals surface area contributed by atoms with E-state index in [1.807, 2.05) is 36.4 Å². The van der Waals surface area contributed by atoms with Crippen LogP contribution in [-0.4, -0.2) is 30.8 Å². The number of carbonyl (C=O) groups excluding carboxylic acids is 2. The lowest BCUT2D eigenvalue weighted by atomic mass is 10.1. The summed E-state index contributed by atoms with van der Waals surface area (Å²) >= 11 is 0. The number of rotatable bonds is 3. The monoisotopic (exact) mass is 320 g/mol. The van der Waals surface area contributed by atoms with E-state index >= 15 is 0 Å². The summed E-state index contributed by atoms with van der Waals surface area (Å²) in [5.41, 5.74) is 3.48. The molecule has 0 aliphatic carbocycles. The van der Waals surface area contributed by atoms with Gasteiger partial charge in [-0.15, -0.1) is 5.10 Å². The summed E-state index contributed by atoms with van der Waals surface area (Å²) in [5, 5.41) is 10.8. The minimum Gasteiger partial charge on any atom is -0.326 e. The quantitative estimate of drug-likeness (QED) is 0.697. The maximum absolute atomic E-state index is 12.2. The average Bonchev–Trinajstić information content (AvgIpc) is 2.81. The normalized spacial score (nSPS) is 15.2. The number of para-hydroxylation sites is 1. The van der Waals surface area contributed by atoms with E-state index in [2.05, 4.69) is 15.5 Å². The van der Waals surface area contributed by atoms with Gasteiger partial charge in [0.25, 0.3) is 5.91 Å². The highest BCUT2D eigenvalue weighted by molar-refractivity contribution is 6.54. The van der Waals surface area contributed by atoms with Crippen LogP contribution in [0.2, 0.25) is 0 Å². The van der Waals surface area contributed by atoms with Crippen molar-refractivity contribution >= 4 is 35.1 Å². The third kappa shape index (κ3) is 3.08. The zero-order valence-electron chi connectivity index (χ0n) is 13.4. The van der Waals surface area contributed by atoms with Gasteiger partial charge in [0, 0.05) is 25.2 Å². The Morgan fingerprint density at radius 3 is 2.54 bits per heavy atom. The van der Waals surface area contributed by atoms with Gasteiger partial charge in [-0.2, -0.15) is 5.10 Å². The molecule has 0 unspecified atom stereocenters. The molecule has 0 atom stereocenters. The van der Waals surface area contributed by atoms with Gasteiger partial charge in [-0.05, 0) is 23.8 Å². The molecule has 2 amide bonds. The molecule has 1 aliphatic rings. The number of nitrogens with zero attached hydrogens (tertiary/aromatic N) is 3. The molecule has 0 saturated carbocycles. The van der Waals surface area contributed by atoms with Gasteiger partial charge in [-0.25, -0.2) is 0 Å². The lowest BCUT2D eigenvalue weighted by Crippen LogP contribution is -2.25. The van der Waals surface area contributed by atoms with E-state index < -0.39 is 0 Å². The standard InChI is InChI=1S/C18H16N4O2/c1-12(23)20-14-9-7-13(8-10-14)11-19-21-17-15-5-3-4-6-16(15)22(2)18(17)24/h3-11H,1-2H3,(H,20,23)/b19-11-,21-17-. The molecule has 0 aromatic heterocycles. The number of benzene rings is 2. The van der Waals surface area contributed by atoms with Crippen LogP contribution in [-0.2, 0) is 9.59 Å². The van der Waals surface area contributed by atoms with E-state index in [0.717, 1.165) is 16.8 Å². The number of likely N-dealkylation sites (N-methyl/N-ethyl adjacent to an activating group) is 1. The average molecular weight is 320 g/mol. The van der Waals surface area contributed by atoms with E-state index in [1.165, 1.54) is 6.92 Å². The summed E-state index contributed by atoms with van der Waals surface area (Å²) in [6.45, 7) is 1.46. The minimum atomic E-state index is -0.172. The van der Waals surface area contributed by atoms with Crippen LogP contribution in [0, 0.1) is 0 Å². The molecular formula is C18H16N4O2. The van der Waals surface area contributed by atoms with Gasteiger partial charge in [0.05, 0.1) is 11.9 Å². The number of carbonyl (C=O) groups is 2. The predicted octanol–water partition coefficient (Wildman–Crippen LogP) is 2.44. The Hall–Kier alpha value is -3.28. The molecule has 0 spiro atoms. The van der Waals surface area contributed by atoms with Crippen molar-refractivity contribution in [1.29, 1.82) is 0 Å². The van der Waals surface area contributed by atoms with Crippen molar-refractivity contribution in [3.8, 4) is 0 Å². The van der Waals surface area contributed by atoms with Crippen LogP contribution in [0.5, 0.6) is 0 Å². The highest BCUT2D eigenvalue weighted by Gasteiger charge is 2.30. The maximum Gasteiger partial charge on any atom is 0.279 e. The molecule has 0 radical (unpaired) electrons. The van der Waals surface area contributed by atoms with Crippen molar-refractivity contribution in [3.63, 3.8) is 0 Å². The summed E-state index contributed by atoms with van der Waals surface area (Å²) in [6.07, 6.45) is 1.57. The van der Waals surface area contributed by atoms with Crippen molar-refractivity contribution in [2.24, 2.45) is 10.2 Å². The van der Waals surface area contributed by atoms with Gasteiger partial charge < -0.3 is 10.2 Å². The number of anilines is 2. The number of hydrogen-bond acceptors (Lipinski definition) is 4. The Balaban J connectivity index is 1.79. The van der Waals surface area contributed by atoms with Crippen molar-refractivity contribution in [3.05, 3.63) is 59.7 Å². The molecule has 1 heterocycles. The second-order valence-corrected chi connectivity index (χ2v) is 5.38. The SMILES string of the molecule is CC(=O)Nc1ccc(/C=N\N=C2/C(=O)N(C)c3ccccc32)cc1. The summed E-state index contributed by atoms with van der Waals surface area (Å²) in [6, 6.07) is 14.7. The van der Waals surface area contributed by atoms with Crippen molar-refractivity contribution in [1.82, 2.24) is 0 Å². The molecule has 6 heteroatoms. The highest BCUT2D eigenvalue weighted by Crippen LogP contribution is 2.27. The Labute approximate surface area is 139 Å². The Kier molecular flexibility index (Phi) is 4.20. The molecule has 6 nitrogen and oxygen atoms in total. The summed E-state index contributed by atoms with van der Waals surface area (Å²) < 4.78 is 0. The molecule has 0 saturated heterocycles. The second kappa shape index (κ2) is 6.45. The highest BCUT2D eigenvalue weighted by atomic mass is 16.2. The zero-order valence-corrected chi connectivity index (χ0v) is 13.4. The molecule has 0 fully saturated rings. The van der Waals surface area contributed by atoms with Gasteiger partial charge >= 0.3 is 0 Å². The van der Waals surface area contributed by atoms with Gasteiger partial charge in [-0.3, -0.25) is 9.59 Å². The third-order valence-corrected chi connectivity index (χ3v) is 3.62. The van der Waals surface area contributed by atoms with Crippen LogP contribution in [0.25, 0.3) is 0 Å². The number of hydrogen-bond donors (Lipinski definition) is 1. The number of amides is 2. The van der Waals surface area contributed by atoms with Crippen LogP contribution in [0.4, 0.5) is 11.4 Å². The van der Waals surface area contributed by atoms with Crippen LogP contribution in [0.15, 0.2) is 58.7 Å². The molecule has 1 N–H and O–H groups in total. The fourth-order valence-electron chi connectivity index (χ4n) is 2.46. The Morgan fingerprint density at radius 2 is 1.83 bits per heavy atom. The van der Waals surface area contributed by atoms with E-state index in [1.54, 1.807) is 30.3 Å². The summed E-state index contributed by atoms with van der Waals surface area (Å²) in [4.78, 5) is 24.8. The molecule has 3 rings (SSSR count). The molecule has 24 heavy (non-hydrogen) atoms. The summed E-state index contributed by atoms with van der Waals surface area (Å²) in [7, 11) is 1.72. The van der Waals surface area contributed by atoms with Gasteiger partial charge in [0.15, 0.2) is 5.71 Å². The Bertz CT molecular complexity index is 854. The maximum atomic E-state index is 12.2. The first-order valence-electron chi connectivity index (χ1n) is 7.42. The molecule has 120 valence electrons.